The molecule has 1 aromatic carbocycles. The molecule has 2 aliphatic heterocycles. The molecule has 2 fully saturated rings. The van der Waals surface area contributed by atoms with Crippen LogP contribution in [0.25, 0.3) is 0 Å². The molecular formula is C21H27ClN6O4S. The van der Waals surface area contributed by atoms with E-state index in [0.29, 0.717) is 50.8 Å². The summed E-state index contributed by atoms with van der Waals surface area (Å²) < 4.78 is 29.9. The highest BCUT2D eigenvalue weighted by molar-refractivity contribution is 7.89. The first-order valence-electron chi connectivity index (χ1n) is 10.9. The van der Waals surface area contributed by atoms with Gasteiger partial charge < -0.3 is 14.7 Å². The second kappa shape index (κ2) is 9.70. The Morgan fingerprint density at radius 2 is 1.73 bits per heavy atom. The number of benzene rings is 1. The number of aryl methyl sites for hydroxylation is 1. The molecule has 33 heavy (non-hydrogen) atoms. The minimum Gasteiger partial charge on any atom is -0.368 e. The van der Waals surface area contributed by atoms with Crippen molar-refractivity contribution in [1.29, 1.82) is 0 Å². The molecule has 2 aromatic rings. The van der Waals surface area contributed by atoms with Crippen molar-refractivity contribution in [2.45, 2.75) is 18.5 Å². The van der Waals surface area contributed by atoms with Crippen LogP contribution in [0.4, 0.5) is 5.69 Å². The lowest BCUT2D eigenvalue weighted by atomic mass is 10.2. The van der Waals surface area contributed by atoms with Crippen LogP contribution in [0, 0.1) is 0 Å². The topological polar surface area (TPSA) is 99.1 Å². The first-order valence-corrected chi connectivity index (χ1v) is 12.7. The van der Waals surface area contributed by atoms with Crippen molar-refractivity contribution in [2.24, 2.45) is 0 Å². The predicted octanol–water partition coefficient (Wildman–Crippen LogP) is 0.982. The maximum Gasteiger partial charge on any atom is 0.263 e. The molecule has 2 saturated heterocycles. The maximum absolute atomic E-state index is 13.5. The Balaban J connectivity index is 1.53. The molecule has 1 aromatic heterocycles. The van der Waals surface area contributed by atoms with E-state index in [4.69, 9.17) is 11.6 Å². The summed E-state index contributed by atoms with van der Waals surface area (Å²) in [5, 5.41) is 4.67. The highest BCUT2D eigenvalue weighted by Crippen LogP contribution is 2.28. The van der Waals surface area contributed by atoms with E-state index in [-0.39, 0.29) is 29.6 Å². The van der Waals surface area contributed by atoms with Crippen LogP contribution in [0.15, 0.2) is 35.5 Å². The number of halogens is 1. The molecule has 178 valence electrons. The molecule has 3 heterocycles. The van der Waals surface area contributed by atoms with E-state index in [9.17, 15) is 18.0 Å². The van der Waals surface area contributed by atoms with Crippen LogP contribution in [0.2, 0.25) is 5.02 Å². The van der Waals surface area contributed by atoms with Gasteiger partial charge in [0.15, 0.2) is 0 Å². The Morgan fingerprint density at radius 1 is 1.06 bits per heavy atom. The van der Waals surface area contributed by atoms with Crippen LogP contribution in [0.1, 0.15) is 17.3 Å². The fraction of sp³-hybridized carbons (Fsp3) is 0.476. The van der Waals surface area contributed by atoms with Crippen molar-refractivity contribution in [3.8, 4) is 0 Å². The summed E-state index contributed by atoms with van der Waals surface area (Å²) in [5.41, 5.74) is 0.946. The van der Waals surface area contributed by atoms with Gasteiger partial charge >= 0.3 is 0 Å². The van der Waals surface area contributed by atoms with Gasteiger partial charge in [0.25, 0.3) is 15.9 Å². The monoisotopic (exact) mass is 494 g/mol. The number of amides is 2. The fourth-order valence-electron chi connectivity index (χ4n) is 4.10. The summed E-state index contributed by atoms with van der Waals surface area (Å²) in [5.74, 6) is -0.381. The zero-order chi connectivity index (χ0) is 23.6. The fourth-order valence-corrected chi connectivity index (χ4v) is 5.87. The van der Waals surface area contributed by atoms with Gasteiger partial charge in [0, 0.05) is 65.1 Å². The summed E-state index contributed by atoms with van der Waals surface area (Å²) >= 11 is 6.30. The number of carbonyl (C=O) groups is 2. The zero-order valence-electron chi connectivity index (χ0n) is 18.4. The van der Waals surface area contributed by atoms with Crippen molar-refractivity contribution < 1.29 is 18.0 Å². The van der Waals surface area contributed by atoms with Crippen LogP contribution >= 0.6 is 11.6 Å². The molecule has 0 N–H and O–H groups in total. The van der Waals surface area contributed by atoms with Crippen molar-refractivity contribution in [1.82, 2.24) is 23.9 Å². The van der Waals surface area contributed by atoms with E-state index in [2.05, 4.69) is 10.00 Å². The van der Waals surface area contributed by atoms with Gasteiger partial charge in [0.05, 0.1) is 16.3 Å². The van der Waals surface area contributed by atoms with Gasteiger partial charge in [0.2, 0.25) is 11.4 Å². The third-order valence-corrected chi connectivity index (χ3v) is 8.20. The minimum atomic E-state index is -3.97. The van der Waals surface area contributed by atoms with Crippen LogP contribution < -0.4 is 4.90 Å². The van der Waals surface area contributed by atoms with Gasteiger partial charge in [-0.2, -0.15) is 9.40 Å². The van der Waals surface area contributed by atoms with E-state index < -0.39 is 10.0 Å². The number of nitrogens with zero attached hydrogens (tertiary/aromatic N) is 6. The number of para-hydroxylation sites is 1. The Hall–Kier alpha value is -2.63. The molecule has 4 rings (SSSR count). The second-order valence-electron chi connectivity index (χ2n) is 7.98. The smallest absolute Gasteiger partial charge is 0.263 e. The van der Waals surface area contributed by atoms with Crippen molar-refractivity contribution in [3.63, 3.8) is 0 Å². The number of hydrogen-bond acceptors (Lipinski definition) is 6. The molecule has 0 bridgehead atoms. The Bertz CT molecular complexity index is 1120. The number of rotatable bonds is 6. The third-order valence-electron chi connectivity index (χ3n) is 6.05. The molecule has 0 aliphatic carbocycles. The maximum atomic E-state index is 13.5. The molecule has 10 nitrogen and oxygen atoms in total. The van der Waals surface area contributed by atoms with E-state index in [1.54, 1.807) is 9.80 Å². The lowest BCUT2D eigenvalue weighted by molar-refractivity contribution is -0.119. The van der Waals surface area contributed by atoms with Gasteiger partial charge in [-0.05, 0) is 19.1 Å². The summed E-state index contributed by atoms with van der Waals surface area (Å²) in [6.07, 6.45) is 2.26. The van der Waals surface area contributed by atoms with E-state index in [1.807, 2.05) is 31.2 Å². The predicted molar refractivity (Wildman–Crippen MR) is 124 cm³/mol. The highest BCUT2D eigenvalue weighted by atomic mass is 35.5. The number of hydrogen-bond donors (Lipinski definition) is 0. The van der Waals surface area contributed by atoms with Crippen LogP contribution in [0.5, 0.6) is 0 Å². The average molecular weight is 495 g/mol. The lowest BCUT2D eigenvalue weighted by Gasteiger charge is -2.35. The largest absolute Gasteiger partial charge is 0.368 e. The summed E-state index contributed by atoms with van der Waals surface area (Å²) in [6, 6.07) is 7.48. The average Bonchev–Trinajstić information content (AvgIpc) is 3.30. The summed E-state index contributed by atoms with van der Waals surface area (Å²) in [7, 11) is -3.97. The van der Waals surface area contributed by atoms with E-state index in [0.717, 1.165) is 12.1 Å². The van der Waals surface area contributed by atoms with Gasteiger partial charge in [0.1, 0.15) is 0 Å². The van der Waals surface area contributed by atoms with Crippen molar-refractivity contribution >= 4 is 39.6 Å². The van der Waals surface area contributed by atoms with Crippen molar-refractivity contribution in [3.05, 3.63) is 41.0 Å². The van der Waals surface area contributed by atoms with E-state index >= 15 is 0 Å². The number of carbonyl (C=O) groups excluding carboxylic acids is 2. The summed E-state index contributed by atoms with van der Waals surface area (Å²) in [4.78, 5) is 29.4. The SMILES string of the molecule is CCn1cc(C(=O)N2CCN(C=O)CC2)c(S(=O)(=O)N2CCN(c3ccccc3Cl)CC2)n1. The number of piperazine rings is 2. The van der Waals surface area contributed by atoms with Gasteiger partial charge in [-0.1, -0.05) is 23.7 Å². The molecule has 0 radical (unpaired) electrons. The Morgan fingerprint density at radius 3 is 2.33 bits per heavy atom. The molecule has 0 spiro atoms. The van der Waals surface area contributed by atoms with Crippen LogP contribution in [-0.2, 0) is 21.4 Å². The number of sulfonamides is 1. The van der Waals surface area contributed by atoms with Gasteiger partial charge in [-0.3, -0.25) is 14.3 Å². The van der Waals surface area contributed by atoms with Crippen LogP contribution in [0.3, 0.4) is 0 Å². The van der Waals surface area contributed by atoms with E-state index in [1.165, 1.54) is 15.2 Å². The normalized spacial score (nSPS) is 17.9. The highest BCUT2D eigenvalue weighted by Gasteiger charge is 2.36. The second-order valence-corrected chi connectivity index (χ2v) is 10.2. The first-order chi connectivity index (χ1) is 15.8. The van der Waals surface area contributed by atoms with Gasteiger partial charge in [-0.25, -0.2) is 8.42 Å². The first kappa shape index (κ1) is 23.5. The lowest BCUT2D eigenvalue weighted by Crippen LogP contribution is -2.50. The Labute approximate surface area is 198 Å². The molecule has 2 aliphatic rings. The summed E-state index contributed by atoms with van der Waals surface area (Å²) in [6.45, 7) is 5.30. The minimum absolute atomic E-state index is 0.0740. The molecule has 0 unspecified atom stereocenters. The third kappa shape index (κ3) is 4.71. The van der Waals surface area contributed by atoms with Crippen LogP contribution in [-0.4, -0.2) is 97.0 Å². The van der Waals surface area contributed by atoms with Gasteiger partial charge in [-0.15, -0.1) is 0 Å². The number of anilines is 1. The number of aromatic nitrogens is 2. The molecule has 2 amide bonds. The molecule has 0 atom stereocenters. The zero-order valence-corrected chi connectivity index (χ0v) is 20.0. The quantitative estimate of drug-likeness (QED) is 0.555. The Kier molecular flexibility index (Phi) is 6.91. The standard InChI is InChI=1S/C21H27ClN6O4S/c1-2-27-15-17(21(30)26-9-7-24(16-29)8-10-26)20(23-27)33(31,32)28-13-11-25(12-14-28)19-6-4-3-5-18(19)22/h3-6,15-16H,2,7-14H2,1H3. The van der Waals surface area contributed by atoms with Crippen molar-refractivity contribution in [2.75, 3.05) is 57.3 Å². The molecule has 0 saturated carbocycles. The molecule has 12 heteroatoms. The molecular weight excluding hydrogens is 468 g/mol.